The normalized spacial score (nSPS) is 10.2. The Balaban J connectivity index is 2.09. The van der Waals surface area contributed by atoms with Gasteiger partial charge in [-0.3, -0.25) is 4.98 Å². The summed E-state index contributed by atoms with van der Waals surface area (Å²) in [4.78, 5) is 15.7. The molecule has 0 aliphatic carbocycles. The zero-order chi connectivity index (χ0) is 16.1. The number of esters is 1. The highest BCUT2D eigenvalue weighted by Crippen LogP contribution is 2.25. The molecule has 0 fully saturated rings. The second-order valence-electron chi connectivity index (χ2n) is 4.85. The highest BCUT2D eigenvalue weighted by atomic mass is 16.5. The molecule has 2 rings (SSSR count). The average Bonchev–Trinajstić information content (AvgIpc) is 2.54. The fourth-order valence-corrected chi connectivity index (χ4v) is 2.17. The minimum absolute atomic E-state index is 0.333. The van der Waals surface area contributed by atoms with Crippen LogP contribution in [-0.4, -0.2) is 25.2 Å². The first-order chi connectivity index (χ1) is 10.6. The lowest BCUT2D eigenvalue weighted by atomic mass is 10.1. The van der Waals surface area contributed by atoms with E-state index in [0.717, 1.165) is 22.6 Å². The van der Waals surface area contributed by atoms with E-state index in [4.69, 9.17) is 9.47 Å². The molecule has 116 valence electrons. The topological polar surface area (TPSA) is 57.7 Å². The molecule has 0 aliphatic rings. The molecule has 0 saturated heterocycles. The number of pyridine rings is 1. The SMILES string of the molecule is COC(=O)c1ccc(OCc2ncc(C)c(OC)c2C)cc1. The number of nitrogens with zero attached hydrogens (tertiary/aromatic N) is 1. The van der Waals surface area contributed by atoms with Crippen molar-refractivity contribution in [3.63, 3.8) is 0 Å². The Kier molecular flexibility index (Phi) is 4.99. The first-order valence-electron chi connectivity index (χ1n) is 6.87. The van der Waals surface area contributed by atoms with Crippen molar-refractivity contribution in [1.82, 2.24) is 4.98 Å². The molecule has 1 aromatic heterocycles. The van der Waals surface area contributed by atoms with E-state index in [1.165, 1.54) is 7.11 Å². The van der Waals surface area contributed by atoms with E-state index in [1.807, 2.05) is 13.8 Å². The molecule has 0 radical (unpaired) electrons. The maximum absolute atomic E-state index is 11.4. The van der Waals surface area contributed by atoms with Crippen molar-refractivity contribution >= 4 is 5.97 Å². The van der Waals surface area contributed by atoms with Crippen LogP contribution in [0.25, 0.3) is 0 Å². The lowest BCUT2D eigenvalue weighted by molar-refractivity contribution is 0.0600. The van der Waals surface area contributed by atoms with Gasteiger partial charge >= 0.3 is 5.97 Å². The smallest absolute Gasteiger partial charge is 0.337 e. The van der Waals surface area contributed by atoms with Crippen molar-refractivity contribution in [2.24, 2.45) is 0 Å². The zero-order valence-corrected chi connectivity index (χ0v) is 13.2. The van der Waals surface area contributed by atoms with Crippen LogP contribution in [0.2, 0.25) is 0 Å². The molecule has 2 aromatic rings. The van der Waals surface area contributed by atoms with E-state index in [1.54, 1.807) is 37.6 Å². The molecular weight excluding hydrogens is 282 g/mol. The standard InChI is InChI=1S/C17H19NO4/c1-11-9-18-15(12(2)16(11)20-3)10-22-14-7-5-13(6-8-14)17(19)21-4/h5-9H,10H2,1-4H3. The molecule has 0 bridgehead atoms. The predicted octanol–water partition coefficient (Wildman–Crippen LogP) is 3.07. The van der Waals surface area contributed by atoms with Gasteiger partial charge < -0.3 is 14.2 Å². The van der Waals surface area contributed by atoms with Gasteiger partial charge in [0, 0.05) is 17.3 Å². The molecule has 5 heteroatoms. The van der Waals surface area contributed by atoms with Crippen LogP contribution in [-0.2, 0) is 11.3 Å². The molecule has 0 atom stereocenters. The van der Waals surface area contributed by atoms with Crippen molar-refractivity contribution in [3.8, 4) is 11.5 Å². The molecule has 0 saturated carbocycles. The third-order valence-corrected chi connectivity index (χ3v) is 3.40. The van der Waals surface area contributed by atoms with Gasteiger partial charge in [0.05, 0.1) is 25.5 Å². The Hall–Kier alpha value is -2.56. The van der Waals surface area contributed by atoms with Gasteiger partial charge in [-0.15, -0.1) is 0 Å². The van der Waals surface area contributed by atoms with Gasteiger partial charge in [-0.1, -0.05) is 0 Å². The van der Waals surface area contributed by atoms with Gasteiger partial charge in [-0.05, 0) is 38.1 Å². The van der Waals surface area contributed by atoms with E-state index >= 15 is 0 Å². The first-order valence-corrected chi connectivity index (χ1v) is 6.87. The number of ether oxygens (including phenoxy) is 3. The van der Waals surface area contributed by atoms with Gasteiger partial charge in [-0.2, -0.15) is 0 Å². The molecule has 0 amide bonds. The maximum atomic E-state index is 11.4. The van der Waals surface area contributed by atoms with Crippen molar-refractivity contribution in [1.29, 1.82) is 0 Å². The van der Waals surface area contributed by atoms with Crippen molar-refractivity contribution in [2.75, 3.05) is 14.2 Å². The monoisotopic (exact) mass is 301 g/mol. The van der Waals surface area contributed by atoms with Gasteiger partial charge in [0.2, 0.25) is 0 Å². The molecule has 0 spiro atoms. The lowest BCUT2D eigenvalue weighted by Crippen LogP contribution is -2.04. The van der Waals surface area contributed by atoms with Crippen molar-refractivity contribution < 1.29 is 19.0 Å². The number of benzene rings is 1. The van der Waals surface area contributed by atoms with E-state index < -0.39 is 0 Å². The largest absolute Gasteiger partial charge is 0.496 e. The highest BCUT2D eigenvalue weighted by Gasteiger charge is 2.10. The fraction of sp³-hybridized carbons (Fsp3) is 0.294. The molecular formula is C17H19NO4. The first kappa shape index (κ1) is 15.8. The van der Waals surface area contributed by atoms with Crippen LogP contribution in [0.15, 0.2) is 30.5 Å². The van der Waals surface area contributed by atoms with Crippen LogP contribution in [0.4, 0.5) is 0 Å². The zero-order valence-electron chi connectivity index (χ0n) is 13.2. The number of aryl methyl sites for hydroxylation is 1. The Morgan fingerprint density at radius 1 is 1.14 bits per heavy atom. The van der Waals surface area contributed by atoms with Crippen molar-refractivity contribution in [3.05, 3.63) is 52.8 Å². The number of carbonyl (C=O) groups is 1. The molecule has 1 aromatic carbocycles. The third-order valence-electron chi connectivity index (χ3n) is 3.40. The maximum Gasteiger partial charge on any atom is 0.337 e. The summed E-state index contributed by atoms with van der Waals surface area (Å²) in [5.74, 6) is 1.12. The van der Waals surface area contributed by atoms with Gasteiger partial charge in [0.1, 0.15) is 18.1 Å². The summed E-state index contributed by atoms with van der Waals surface area (Å²) in [7, 11) is 3.00. The molecule has 5 nitrogen and oxygen atoms in total. The van der Waals surface area contributed by atoms with E-state index in [9.17, 15) is 4.79 Å². The Morgan fingerprint density at radius 2 is 1.82 bits per heavy atom. The predicted molar refractivity (Wildman–Crippen MR) is 82.4 cm³/mol. The molecule has 0 unspecified atom stereocenters. The second kappa shape index (κ2) is 6.93. The third kappa shape index (κ3) is 3.36. The molecule has 0 aliphatic heterocycles. The Morgan fingerprint density at radius 3 is 2.41 bits per heavy atom. The minimum atomic E-state index is -0.368. The van der Waals surface area contributed by atoms with Crippen LogP contribution in [0.5, 0.6) is 11.5 Å². The second-order valence-corrected chi connectivity index (χ2v) is 4.85. The summed E-state index contributed by atoms with van der Waals surface area (Å²) in [5, 5.41) is 0. The number of hydrogen-bond donors (Lipinski definition) is 0. The Bertz CT molecular complexity index is 665. The molecule has 22 heavy (non-hydrogen) atoms. The summed E-state index contributed by atoms with van der Waals surface area (Å²) >= 11 is 0. The fourth-order valence-electron chi connectivity index (χ4n) is 2.17. The molecule has 0 N–H and O–H groups in total. The number of carbonyl (C=O) groups excluding carboxylic acids is 1. The van der Waals surface area contributed by atoms with E-state index in [-0.39, 0.29) is 5.97 Å². The summed E-state index contributed by atoms with van der Waals surface area (Å²) in [6.07, 6.45) is 1.77. The van der Waals surface area contributed by atoms with Crippen LogP contribution < -0.4 is 9.47 Å². The van der Waals surface area contributed by atoms with Gasteiger partial charge in [0.15, 0.2) is 0 Å². The van der Waals surface area contributed by atoms with E-state index in [2.05, 4.69) is 9.72 Å². The highest BCUT2D eigenvalue weighted by molar-refractivity contribution is 5.89. The van der Waals surface area contributed by atoms with Crippen LogP contribution in [0.1, 0.15) is 27.2 Å². The number of rotatable bonds is 5. The minimum Gasteiger partial charge on any atom is -0.496 e. The van der Waals surface area contributed by atoms with Crippen LogP contribution >= 0.6 is 0 Å². The summed E-state index contributed by atoms with van der Waals surface area (Å²) in [6, 6.07) is 6.79. The van der Waals surface area contributed by atoms with Crippen LogP contribution in [0.3, 0.4) is 0 Å². The quantitative estimate of drug-likeness (QED) is 0.794. The van der Waals surface area contributed by atoms with Gasteiger partial charge in [-0.25, -0.2) is 4.79 Å². The van der Waals surface area contributed by atoms with E-state index in [0.29, 0.717) is 17.9 Å². The summed E-state index contributed by atoms with van der Waals surface area (Å²) < 4.78 is 15.7. The number of aromatic nitrogens is 1. The molecule has 1 heterocycles. The number of hydrogen-bond acceptors (Lipinski definition) is 5. The average molecular weight is 301 g/mol. The summed E-state index contributed by atoms with van der Waals surface area (Å²) in [5.41, 5.74) is 3.26. The number of methoxy groups -OCH3 is 2. The van der Waals surface area contributed by atoms with Crippen LogP contribution in [0, 0.1) is 13.8 Å². The van der Waals surface area contributed by atoms with Crippen molar-refractivity contribution in [2.45, 2.75) is 20.5 Å². The van der Waals surface area contributed by atoms with Gasteiger partial charge in [0.25, 0.3) is 0 Å². The summed E-state index contributed by atoms with van der Waals surface area (Å²) in [6.45, 7) is 4.24. The lowest BCUT2D eigenvalue weighted by Gasteiger charge is -2.13. The Labute approximate surface area is 129 Å².